The highest BCUT2D eigenvalue weighted by Gasteiger charge is 2.01. The summed E-state index contributed by atoms with van der Waals surface area (Å²) in [6.45, 7) is 0. The number of hydrazine groups is 1. The first kappa shape index (κ1) is 17.5. The smallest absolute Gasteiger partial charge is 0.189 e. The van der Waals surface area contributed by atoms with Crippen LogP contribution in [0.5, 0.6) is 5.75 Å². The Hall–Kier alpha value is -1.90. The van der Waals surface area contributed by atoms with E-state index in [9.17, 15) is 0 Å². The molecule has 0 fully saturated rings. The van der Waals surface area contributed by atoms with Gasteiger partial charge < -0.3 is 15.4 Å². The van der Waals surface area contributed by atoms with Crippen LogP contribution < -0.4 is 26.2 Å². The largest absolute Gasteiger partial charge is 0.497 e. The summed E-state index contributed by atoms with van der Waals surface area (Å²) < 4.78 is 6.12. The molecule has 0 spiro atoms. The minimum absolute atomic E-state index is 0.386. The zero-order valence-electron chi connectivity index (χ0n) is 12.2. The van der Waals surface area contributed by atoms with Crippen LogP contribution in [0.3, 0.4) is 0 Å². The number of rotatable bonds is 3. The molecule has 0 heterocycles. The summed E-state index contributed by atoms with van der Waals surface area (Å²) in [6.07, 6.45) is 0. The Labute approximate surface area is 153 Å². The van der Waals surface area contributed by atoms with Gasteiger partial charge in [0.2, 0.25) is 0 Å². The molecule has 0 radical (unpaired) electrons. The van der Waals surface area contributed by atoms with Crippen LogP contribution in [0.1, 0.15) is 0 Å². The molecule has 120 valence electrons. The monoisotopic (exact) mass is 410 g/mol. The molecular weight excluding hydrogens is 396 g/mol. The fourth-order valence-corrected chi connectivity index (χ4v) is 2.44. The molecule has 8 heteroatoms. The van der Waals surface area contributed by atoms with Crippen LogP contribution in [0.4, 0.5) is 11.4 Å². The van der Waals surface area contributed by atoms with Gasteiger partial charge in [0.15, 0.2) is 10.2 Å². The number of benzene rings is 2. The lowest BCUT2D eigenvalue weighted by Crippen LogP contribution is -2.45. The molecule has 0 saturated heterocycles. The molecule has 2 aromatic carbocycles. The van der Waals surface area contributed by atoms with E-state index in [1.54, 1.807) is 7.11 Å². The normalized spacial score (nSPS) is 9.65. The lowest BCUT2D eigenvalue weighted by atomic mass is 10.3. The van der Waals surface area contributed by atoms with Gasteiger partial charge in [0.05, 0.1) is 7.11 Å². The number of nitrogens with one attached hydrogen (secondary N) is 4. The topological polar surface area (TPSA) is 57.4 Å². The Kier molecular flexibility index (Phi) is 6.57. The van der Waals surface area contributed by atoms with Gasteiger partial charge in [-0.25, -0.2) is 0 Å². The summed E-state index contributed by atoms with van der Waals surface area (Å²) in [6, 6.07) is 15.1. The van der Waals surface area contributed by atoms with E-state index in [-0.39, 0.29) is 0 Å². The van der Waals surface area contributed by atoms with Gasteiger partial charge in [-0.3, -0.25) is 10.9 Å². The number of halogens is 1. The second-order valence-corrected chi connectivity index (χ2v) is 6.13. The minimum atomic E-state index is 0.386. The third kappa shape index (κ3) is 6.01. The molecule has 5 nitrogen and oxygen atoms in total. The molecule has 0 aliphatic heterocycles. The number of anilines is 2. The van der Waals surface area contributed by atoms with E-state index in [0.717, 1.165) is 21.6 Å². The predicted octanol–water partition coefficient (Wildman–Crippen LogP) is 3.65. The lowest BCUT2D eigenvalue weighted by molar-refractivity contribution is 0.415. The van der Waals surface area contributed by atoms with Gasteiger partial charge in [0.25, 0.3) is 0 Å². The van der Waals surface area contributed by atoms with Crippen LogP contribution in [0.2, 0.25) is 0 Å². The van der Waals surface area contributed by atoms with Crippen LogP contribution in [0.25, 0.3) is 0 Å². The van der Waals surface area contributed by atoms with Crippen molar-refractivity contribution in [3.05, 3.63) is 53.0 Å². The Bertz CT molecular complexity index is 711. The minimum Gasteiger partial charge on any atom is -0.497 e. The summed E-state index contributed by atoms with van der Waals surface area (Å²) in [5.74, 6) is 0.748. The first-order valence-corrected chi connectivity index (χ1v) is 8.21. The lowest BCUT2D eigenvalue weighted by Gasteiger charge is -2.14. The fourth-order valence-electron chi connectivity index (χ4n) is 1.71. The van der Waals surface area contributed by atoms with Crippen molar-refractivity contribution in [2.45, 2.75) is 0 Å². The van der Waals surface area contributed by atoms with Crippen molar-refractivity contribution in [1.29, 1.82) is 0 Å². The molecule has 4 N–H and O–H groups in total. The molecule has 0 amide bonds. The summed E-state index contributed by atoms with van der Waals surface area (Å²) in [5, 5.41) is 6.86. The van der Waals surface area contributed by atoms with Crippen LogP contribution in [0, 0.1) is 0 Å². The Balaban J connectivity index is 1.80. The second kappa shape index (κ2) is 8.66. The maximum absolute atomic E-state index is 5.20. The highest BCUT2D eigenvalue weighted by molar-refractivity contribution is 9.10. The molecule has 0 aliphatic carbocycles. The van der Waals surface area contributed by atoms with Crippen molar-refractivity contribution in [2.75, 3.05) is 17.7 Å². The number of thiocarbonyl (C=S) groups is 2. The quantitative estimate of drug-likeness (QED) is 0.455. The Morgan fingerprint density at radius 1 is 0.913 bits per heavy atom. The highest BCUT2D eigenvalue weighted by atomic mass is 79.9. The molecule has 2 aromatic rings. The number of ether oxygens (including phenoxy) is 1. The first-order valence-electron chi connectivity index (χ1n) is 6.60. The van der Waals surface area contributed by atoms with Crippen molar-refractivity contribution in [2.24, 2.45) is 0 Å². The number of methoxy groups -OCH3 is 1. The zero-order valence-corrected chi connectivity index (χ0v) is 15.4. The van der Waals surface area contributed by atoms with Crippen molar-refractivity contribution >= 4 is 62.0 Å². The summed E-state index contributed by atoms with van der Waals surface area (Å²) >= 11 is 13.8. The number of hydrogen-bond acceptors (Lipinski definition) is 3. The van der Waals surface area contributed by atoms with Gasteiger partial charge in [0.1, 0.15) is 5.75 Å². The van der Waals surface area contributed by atoms with E-state index >= 15 is 0 Å². The maximum Gasteiger partial charge on any atom is 0.189 e. The molecular formula is C15H15BrN4OS2. The number of hydrogen-bond donors (Lipinski definition) is 4. The standard InChI is InChI=1S/C15H15BrN4OS2/c1-21-13-7-3-6-12(9-13)18-15(23)20-19-14(22)17-11-5-2-4-10(16)8-11/h2-9H,1H3,(H2,17,19,22)(H2,18,20,23). The molecule has 0 saturated carbocycles. The van der Waals surface area contributed by atoms with Gasteiger partial charge in [-0.05, 0) is 54.8 Å². The molecule has 0 bridgehead atoms. The molecule has 2 rings (SSSR count). The van der Waals surface area contributed by atoms with Crippen LogP contribution >= 0.6 is 40.4 Å². The van der Waals surface area contributed by atoms with Gasteiger partial charge >= 0.3 is 0 Å². The molecule has 0 unspecified atom stereocenters. The van der Waals surface area contributed by atoms with E-state index in [1.807, 2.05) is 48.5 Å². The average molecular weight is 411 g/mol. The zero-order chi connectivity index (χ0) is 16.7. The summed E-state index contributed by atoms with van der Waals surface area (Å²) in [4.78, 5) is 0. The van der Waals surface area contributed by atoms with Crippen molar-refractivity contribution < 1.29 is 4.74 Å². The van der Waals surface area contributed by atoms with Crippen molar-refractivity contribution in [1.82, 2.24) is 10.9 Å². The molecule has 0 aromatic heterocycles. The van der Waals surface area contributed by atoms with Gasteiger partial charge in [-0.15, -0.1) is 0 Å². The van der Waals surface area contributed by atoms with E-state index in [2.05, 4.69) is 37.4 Å². The summed E-state index contributed by atoms with van der Waals surface area (Å²) in [7, 11) is 1.61. The van der Waals surface area contributed by atoms with E-state index in [0.29, 0.717) is 10.2 Å². The Morgan fingerprint density at radius 3 is 2.04 bits per heavy atom. The Morgan fingerprint density at radius 2 is 1.48 bits per heavy atom. The summed E-state index contributed by atoms with van der Waals surface area (Å²) in [5.41, 5.74) is 7.32. The van der Waals surface area contributed by atoms with Crippen molar-refractivity contribution in [3.63, 3.8) is 0 Å². The third-order valence-corrected chi connectivity index (χ3v) is 3.60. The second-order valence-electron chi connectivity index (χ2n) is 4.40. The average Bonchev–Trinajstić information content (AvgIpc) is 2.53. The van der Waals surface area contributed by atoms with Gasteiger partial charge in [-0.1, -0.05) is 28.1 Å². The van der Waals surface area contributed by atoms with E-state index in [4.69, 9.17) is 29.2 Å². The van der Waals surface area contributed by atoms with Crippen molar-refractivity contribution in [3.8, 4) is 5.75 Å². The van der Waals surface area contributed by atoms with Crippen LogP contribution in [0.15, 0.2) is 53.0 Å². The fraction of sp³-hybridized carbons (Fsp3) is 0.0667. The highest BCUT2D eigenvalue weighted by Crippen LogP contribution is 2.16. The van der Waals surface area contributed by atoms with E-state index < -0.39 is 0 Å². The van der Waals surface area contributed by atoms with Gasteiger partial charge in [0, 0.05) is 21.9 Å². The maximum atomic E-state index is 5.20. The molecule has 0 atom stereocenters. The van der Waals surface area contributed by atoms with E-state index in [1.165, 1.54) is 0 Å². The van der Waals surface area contributed by atoms with Crippen LogP contribution in [-0.2, 0) is 0 Å². The first-order chi connectivity index (χ1) is 11.1. The third-order valence-electron chi connectivity index (χ3n) is 2.70. The van der Waals surface area contributed by atoms with Gasteiger partial charge in [-0.2, -0.15) is 0 Å². The SMILES string of the molecule is COc1cccc(NC(=S)NNC(=S)Nc2cccc(Br)c2)c1. The predicted molar refractivity (Wildman–Crippen MR) is 106 cm³/mol. The molecule has 0 aliphatic rings. The van der Waals surface area contributed by atoms with Crippen LogP contribution in [-0.4, -0.2) is 17.3 Å². The molecule has 23 heavy (non-hydrogen) atoms.